The summed E-state index contributed by atoms with van der Waals surface area (Å²) in [5.74, 6) is -0.635. The number of aromatic nitrogens is 6. The minimum atomic E-state index is -4.67. The summed E-state index contributed by atoms with van der Waals surface area (Å²) in [7, 11) is 0. The quantitative estimate of drug-likeness (QED) is 0.373. The van der Waals surface area contributed by atoms with Gasteiger partial charge in [0.1, 0.15) is 21.7 Å². The standard InChI is InChI=1S/C23H21F3N6OS/c1-3-22(4-5-22)18-15(12-28-21-19(18)31-13(2)34-21)10-16(33)8-14-9-17(23(24,25)26)20(27-11-14)32-29-6-7-30-32/h6-7,9,11-12H,3-5,8,10H2,1-2H3. The van der Waals surface area contributed by atoms with Crippen molar-refractivity contribution in [2.24, 2.45) is 0 Å². The zero-order valence-corrected chi connectivity index (χ0v) is 19.4. The number of pyridine rings is 2. The lowest BCUT2D eigenvalue weighted by molar-refractivity contribution is -0.138. The van der Waals surface area contributed by atoms with Gasteiger partial charge in [0, 0.05) is 25.2 Å². The third-order valence-corrected chi connectivity index (χ3v) is 7.18. The number of carbonyl (C=O) groups is 1. The number of alkyl halides is 3. The molecule has 7 nitrogen and oxygen atoms in total. The van der Waals surface area contributed by atoms with E-state index in [1.54, 1.807) is 6.20 Å². The zero-order chi connectivity index (χ0) is 24.1. The summed E-state index contributed by atoms with van der Waals surface area (Å²) >= 11 is 1.52. The normalized spacial score (nSPS) is 15.1. The van der Waals surface area contributed by atoms with E-state index in [0.29, 0.717) is 0 Å². The number of halogens is 3. The van der Waals surface area contributed by atoms with Crippen LogP contribution in [0, 0.1) is 6.92 Å². The molecule has 34 heavy (non-hydrogen) atoms. The van der Waals surface area contributed by atoms with Crippen molar-refractivity contribution in [3.63, 3.8) is 0 Å². The molecule has 176 valence electrons. The van der Waals surface area contributed by atoms with Gasteiger partial charge >= 0.3 is 6.18 Å². The van der Waals surface area contributed by atoms with Crippen molar-refractivity contribution >= 4 is 27.5 Å². The van der Waals surface area contributed by atoms with Gasteiger partial charge < -0.3 is 0 Å². The van der Waals surface area contributed by atoms with Gasteiger partial charge in [-0.2, -0.15) is 23.4 Å². The fourth-order valence-electron chi connectivity index (χ4n) is 4.47. The third kappa shape index (κ3) is 4.08. The fraction of sp³-hybridized carbons (Fsp3) is 0.391. The highest BCUT2D eigenvalue weighted by Crippen LogP contribution is 2.54. The molecule has 4 aromatic rings. The van der Waals surface area contributed by atoms with Crippen LogP contribution < -0.4 is 0 Å². The Morgan fingerprint density at radius 3 is 2.53 bits per heavy atom. The molecule has 4 heterocycles. The minimum absolute atomic E-state index is 0.000733. The molecule has 0 atom stereocenters. The van der Waals surface area contributed by atoms with Crippen LogP contribution in [-0.2, 0) is 29.2 Å². The zero-order valence-electron chi connectivity index (χ0n) is 18.6. The van der Waals surface area contributed by atoms with E-state index in [-0.39, 0.29) is 29.6 Å². The SMILES string of the molecule is CCC1(c2c(CC(=O)Cc3cnc(-n4nccn4)c(C(F)(F)F)c3)cnc3sc(C)nc23)CC1. The number of thiazole rings is 1. The molecule has 0 amide bonds. The van der Waals surface area contributed by atoms with Gasteiger partial charge in [0.25, 0.3) is 0 Å². The minimum Gasteiger partial charge on any atom is -0.299 e. The summed E-state index contributed by atoms with van der Waals surface area (Å²) in [5.41, 5.74) is 1.93. The topological polar surface area (TPSA) is 86.5 Å². The molecule has 0 N–H and O–H groups in total. The number of hydrogen-bond donors (Lipinski definition) is 0. The highest BCUT2D eigenvalue weighted by atomic mass is 32.1. The van der Waals surface area contributed by atoms with Crippen molar-refractivity contribution in [3.8, 4) is 5.82 Å². The van der Waals surface area contributed by atoms with Crippen molar-refractivity contribution in [1.82, 2.24) is 29.9 Å². The van der Waals surface area contributed by atoms with Crippen LogP contribution in [0.25, 0.3) is 16.2 Å². The predicted octanol–water partition coefficient (Wildman–Crippen LogP) is 4.79. The van der Waals surface area contributed by atoms with Crippen LogP contribution in [0.15, 0.2) is 30.9 Å². The largest absolute Gasteiger partial charge is 0.420 e. The van der Waals surface area contributed by atoms with Gasteiger partial charge in [-0.05, 0) is 54.4 Å². The average Bonchev–Trinajstić information content (AvgIpc) is 3.19. The number of hydrogen-bond acceptors (Lipinski definition) is 7. The molecule has 1 saturated carbocycles. The summed E-state index contributed by atoms with van der Waals surface area (Å²) < 4.78 is 41.0. The number of rotatable bonds is 7. The first-order chi connectivity index (χ1) is 16.2. The molecule has 0 aliphatic heterocycles. The highest BCUT2D eigenvalue weighted by molar-refractivity contribution is 7.18. The van der Waals surface area contributed by atoms with Gasteiger partial charge in [-0.3, -0.25) is 4.79 Å². The van der Waals surface area contributed by atoms with Gasteiger partial charge in [-0.15, -0.1) is 4.80 Å². The summed E-state index contributed by atoms with van der Waals surface area (Å²) in [6.07, 6.45) is 3.79. The maximum absolute atomic E-state index is 13.7. The molecule has 1 fully saturated rings. The van der Waals surface area contributed by atoms with Crippen molar-refractivity contribution in [2.75, 3.05) is 0 Å². The number of aryl methyl sites for hydroxylation is 1. The maximum atomic E-state index is 13.7. The lowest BCUT2D eigenvalue weighted by Gasteiger charge is -2.18. The van der Waals surface area contributed by atoms with Gasteiger partial charge in [0.05, 0.1) is 17.4 Å². The van der Waals surface area contributed by atoms with Gasteiger partial charge in [0.2, 0.25) is 0 Å². The van der Waals surface area contributed by atoms with E-state index in [1.165, 1.54) is 29.9 Å². The highest BCUT2D eigenvalue weighted by Gasteiger charge is 2.45. The van der Waals surface area contributed by atoms with Crippen LogP contribution >= 0.6 is 11.3 Å². The first-order valence-electron chi connectivity index (χ1n) is 10.9. The van der Waals surface area contributed by atoms with Crippen LogP contribution in [-0.4, -0.2) is 35.7 Å². The second-order valence-corrected chi connectivity index (χ2v) is 9.78. The first kappa shape index (κ1) is 22.6. The molecule has 0 aromatic carbocycles. The molecule has 1 aliphatic rings. The van der Waals surface area contributed by atoms with Gasteiger partial charge in [-0.1, -0.05) is 18.3 Å². The van der Waals surface area contributed by atoms with E-state index in [0.717, 1.165) is 56.6 Å². The van der Waals surface area contributed by atoms with Crippen LogP contribution in [0.4, 0.5) is 13.2 Å². The predicted molar refractivity (Wildman–Crippen MR) is 120 cm³/mol. The molecule has 5 rings (SSSR count). The molecule has 1 aliphatic carbocycles. The Hall–Kier alpha value is -3.21. The lowest BCUT2D eigenvalue weighted by atomic mass is 9.87. The molecule has 0 radical (unpaired) electrons. The molecular formula is C23H21F3N6OS. The smallest absolute Gasteiger partial charge is 0.299 e. The summed E-state index contributed by atoms with van der Waals surface area (Å²) in [6.45, 7) is 4.06. The Balaban J connectivity index is 1.45. The Labute approximate surface area is 197 Å². The molecule has 0 spiro atoms. The average molecular weight is 487 g/mol. The van der Waals surface area contributed by atoms with E-state index in [9.17, 15) is 18.0 Å². The Morgan fingerprint density at radius 2 is 1.88 bits per heavy atom. The van der Waals surface area contributed by atoms with Crippen LogP contribution in [0.1, 0.15) is 53.4 Å². The maximum Gasteiger partial charge on any atom is 0.420 e. The Kier molecular flexibility index (Phi) is 5.46. The monoisotopic (exact) mass is 486 g/mol. The molecule has 0 saturated heterocycles. The summed E-state index contributed by atoms with van der Waals surface area (Å²) in [5, 5.41) is 8.40. The van der Waals surface area contributed by atoms with E-state index < -0.39 is 17.6 Å². The fourth-order valence-corrected chi connectivity index (χ4v) is 5.24. The van der Waals surface area contributed by atoms with Crippen molar-refractivity contribution in [1.29, 1.82) is 0 Å². The van der Waals surface area contributed by atoms with Gasteiger partial charge in [-0.25, -0.2) is 15.0 Å². The lowest BCUT2D eigenvalue weighted by Crippen LogP contribution is -2.17. The Morgan fingerprint density at radius 1 is 1.15 bits per heavy atom. The van der Waals surface area contributed by atoms with E-state index >= 15 is 0 Å². The summed E-state index contributed by atoms with van der Waals surface area (Å²) in [4.78, 5) is 27.8. The van der Waals surface area contributed by atoms with Crippen molar-refractivity contribution < 1.29 is 18.0 Å². The Bertz CT molecular complexity index is 1380. The second kappa shape index (κ2) is 8.23. The van der Waals surface area contributed by atoms with E-state index in [2.05, 4.69) is 32.1 Å². The second-order valence-electron chi connectivity index (χ2n) is 8.60. The number of carbonyl (C=O) groups excluding carboxylic acids is 1. The number of nitrogens with zero attached hydrogens (tertiary/aromatic N) is 6. The van der Waals surface area contributed by atoms with Crippen molar-refractivity contribution in [2.45, 2.75) is 57.5 Å². The summed E-state index contributed by atoms with van der Waals surface area (Å²) in [6, 6.07) is 0.949. The molecular weight excluding hydrogens is 465 g/mol. The molecule has 4 aromatic heterocycles. The number of Topliss-reactive ketones (excluding diaryl/α,β-unsaturated/α-hetero) is 1. The first-order valence-corrected chi connectivity index (χ1v) is 11.7. The van der Waals surface area contributed by atoms with Crippen LogP contribution in [0.2, 0.25) is 0 Å². The van der Waals surface area contributed by atoms with Gasteiger partial charge in [0.15, 0.2) is 5.82 Å². The molecule has 0 bridgehead atoms. The van der Waals surface area contributed by atoms with E-state index in [4.69, 9.17) is 0 Å². The number of fused-ring (bicyclic) bond motifs is 1. The van der Waals surface area contributed by atoms with Crippen LogP contribution in [0.3, 0.4) is 0 Å². The molecule has 11 heteroatoms. The van der Waals surface area contributed by atoms with Crippen LogP contribution in [0.5, 0.6) is 0 Å². The van der Waals surface area contributed by atoms with E-state index in [1.807, 2.05) is 6.92 Å². The third-order valence-electron chi connectivity index (χ3n) is 6.30. The number of ketones is 1. The van der Waals surface area contributed by atoms with Crippen molar-refractivity contribution in [3.05, 3.63) is 58.1 Å². The molecule has 0 unspecified atom stereocenters.